The summed E-state index contributed by atoms with van der Waals surface area (Å²) in [7, 11) is -3.26. The fraction of sp³-hybridized carbons (Fsp3) is 0.536. The molecule has 2 aliphatic heterocycles. The van der Waals surface area contributed by atoms with Crippen LogP contribution >= 0.6 is 0 Å². The van der Waals surface area contributed by atoms with Crippen LogP contribution < -0.4 is 0 Å². The van der Waals surface area contributed by atoms with Crippen LogP contribution in [0.4, 0.5) is 4.39 Å². The highest BCUT2D eigenvalue weighted by Crippen LogP contribution is 2.34. The van der Waals surface area contributed by atoms with Crippen molar-refractivity contribution < 1.29 is 12.8 Å². The summed E-state index contributed by atoms with van der Waals surface area (Å²) >= 11 is 0. The van der Waals surface area contributed by atoms with Gasteiger partial charge in [0.1, 0.15) is 0 Å². The highest BCUT2D eigenvalue weighted by molar-refractivity contribution is 7.90. The molecule has 0 spiro atoms. The predicted octanol–water partition coefficient (Wildman–Crippen LogP) is 4.84. The van der Waals surface area contributed by atoms with Crippen LogP contribution in [0.2, 0.25) is 0 Å². The number of likely N-dealkylation sites (tertiary alicyclic amines) is 2. The molecule has 3 aromatic rings. The second kappa shape index (κ2) is 10.2. The number of rotatable bonds is 6. The van der Waals surface area contributed by atoms with Crippen LogP contribution in [0.15, 0.2) is 47.6 Å². The molecule has 2 saturated heterocycles. The molecule has 2 aliphatic rings. The molecule has 5 rings (SSSR count). The van der Waals surface area contributed by atoms with Crippen molar-refractivity contribution in [3.05, 3.63) is 54.1 Å². The summed E-state index contributed by atoms with van der Waals surface area (Å²) in [6.45, 7) is 10.2. The zero-order chi connectivity index (χ0) is 25.4. The van der Waals surface area contributed by atoms with Gasteiger partial charge in [-0.15, -0.1) is 0 Å². The summed E-state index contributed by atoms with van der Waals surface area (Å²) in [5.74, 6) is 0.689. The Morgan fingerprint density at radius 3 is 2.28 bits per heavy atom. The summed E-state index contributed by atoms with van der Waals surface area (Å²) < 4.78 is 40.8. The highest BCUT2D eigenvalue weighted by atomic mass is 32.2. The number of hydrogen-bond donors (Lipinski definition) is 0. The number of sulfone groups is 1. The number of halogens is 1. The van der Waals surface area contributed by atoms with E-state index in [9.17, 15) is 8.42 Å². The quantitative estimate of drug-likeness (QED) is 0.473. The first-order chi connectivity index (χ1) is 17.2. The molecule has 4 heterocycles. The first-order valence-electron chi connectivity index (χ1n) is 13.1. The maximum Gasteiger partial charge on any atom is 0.175 e. The van der Waals surface area contributed by atoms with Crippen molar-refractivity contribution in [1.29, 1.82) is 0 Å². The lowest BCUT2D eigenvalue weighted by Gasteiger charge is -2.42. The zero-order valence-corrected chi connectivity index (χ0v) is 22.3. The predicted molar refractivity (Wildman–Crippen MR) is 142 cm³/mol. The van der Waals surface area contributed by atoms with Gasteiger partial charge in [-0.3, -0.25) is 0 Å². The number of hydrogen-bond acceptors (Lipinski definition) is 5. The van der Waals surface area contributed by atoms with Crippen LogP contribution in [-0.4, -0.2) is 72.6 Å². The van der Waals surface area contributed by atoms with Crippen LogP contribution in [-0.2, 0) is 9.84 Å². The van der Waals surface area contributed by atoms with Gasteiger partial charge in [0.15, 0.2) is 21.3 Å². The lowest BCUT2D eigenvalue weighted by molar-refractivity contribution is 0.0825. The van der Waals surface area contributed by atoms with Gasteiger partial charge in [-0.2, -0.15) is 0 Å². The van der Waals surface area contributed by atoms with Crippen molar-refractivity contribution in [3.63, 3.8) is 0 Å². The number of benzene rings is 1. The third-order valence-electron chi connectivity index (χ3n) is 7.84. The lowest BCUT2D eigenvalue weighted by atomic mass is 9.88. The molecule has 0 atom stereocenters. The minimum atomic E-state index is -3.26. The fourth-order valence-electron chi connectivity index (χ4n) is 5.92. The van der Waals surface area contributed by atoms with E-state index < -0.39 is 9.84 Å². The van der Waals surface area contributed by atoms with Crippen molar-refractivity contribution in [1.82, 2.24) is 19.2 Å². The SMILES string of the molecule is CC(C)CN1CCC(N2CCC(c3ccn4cc(-c5ccc(S(C)(=O)=O)cc5)nc4c3F)CC2)CC1. The normalized spacial score (nSPS) is 19.5. The Balaban J connectivity index is 1.25. The molecule has 0 bridgehead atoms. The molecule has 0 radical (unpaired) electrons. The molecule has 0 saturated carbocycles. The minimum absolute atomic E-state index is 0.210. The zero-order valence-electron chi connectivity index (χ0n) is 21.5. The van der Waals surface area contributed by atoms with Gasteiger partial charge in [0.25, 0.3) is 0 Å². The van der Waals surface area contributed by atoms with Gasteiger partial charge in [-0.1, -0.05) is 26.0 Å². The molecule has 0 unspecified atom stereocenters. The number of imidazole rings is 1. The maximum absolute atomic E-state index is 15.6. The molecule has 36 heavy (non-hydrogen) atoms. The van der Waals surface area contributed by atoms with Crippen LogP contribution in [0.3, 0.4) is 0 Å². The largest absolute Gasteiger partial charge is 0.304 e. The maximum atomic E-state index is 15.6. The average molecular weight is 513 g/mol. The number of nitrogens with zero attached hydrogens (tertiary/aromatic N) is 4. The van der Waals surface area contributed by atoms with Crippen LogP contribution in [0, 0.1) is 11.7 Å². The number of pyridine rings is 1. The van der Waals surface area contributed by atoms with Gasteiger partial charge in [0, 0.05) is 36.8 Å². The molecule has 2 aromatic heterocycles. The summed E-state index contributed by atoms with van der Waals surface area (Å²) in [4.78, 5) is 10.1. The number of aromatic nitrogens is 2. The summed E-state index contributed by atoms with van der Waals surface area (Å²) in [5, 5.41) is 0. The summed E-state index contributed by atoms with van der Waals surface area (Å²) in [6.07, 6.45) is 9.29. The molecule has 1 aromatic carbocycles. The smallest absolute Gasteiger partial charge is 0.175 e. The van der Waals surface area contributed by atoms with Crippen LogP contribution in [0.5, 0.6) is 0 Å². The van der Waals surface area contributed by atoms with E-state index in [1.54, 1.807) is 34.9 Å². The van der Waals surface area contributed by atoms with E-state index in [1.807, 2.05) is 12.3 Å². The van der Waals surface area contributed by atoms with Crippen molar-refractivity contribution in [3.8, 4) is 11.3 Å². The van der Waals surface area contributed by atoms with E-state index in [0.29, 0.717) is 17.4 Å². The second-order valence-electron chi connectivity index (χ2n) is 11.0. The van der Waals surface area contributed by atoms with Gasteiger partial charge < -0.3 is 14.2 Å². The third-order valence-corrected chi connectivity index (χ3v) is 8.97. The van der Waals surface area contributed by atoms with E-state index in [0.717, 1.165) is 43.0 Å². The molecule has 0 amide bonds. The van der Waals surface area contributed by atoms with E-state index in [1.165, 1.54) is 38.7 Å². The topological polar surface area (TPSA) is 57.9 Å². The van der Waals surface area contributed by atoms with Crippen molar-refractivity contribution in [2.24, 2.45) is 5.92 Å². The van der Waals surface area contributed by atoms with Gasteiger partial charge in [-0.05, 0) is 87.5 Å². The molecular formula is C28H37FN4O2S. The number of fused-ring (bicyclic) bond motifs is 1. The van der Waals surface area contributed by atoms with E-state index in [-0.39, 0.29) is 16.6 Å². The van der Waals surface area contributed by atoms with Gasteiger partial charge in [0.2, 0.25) is 0 Å². The molecule has 8 heteroatoms. The number of piperidine rings is 2. The van der Waals surface area contributed by atoms with Crippen LogP contribution in [0.25, 0.3) is 16.9 Å². The van der Waals surface area contributed by atoms with Gasteiger partial charge >= 0.3 is 0 Å². The Morgan fingerprint density at radius 2 is 1.67 bits per heavy atom. The average Bonchev–Trinajstić information content (AvgIpc) is 3.30. The first-order valence-corrected chi connectivity index (χ1v) is 15.0. The Morgan fingerprint density at radius 1 is 1.00 bits per heavy atom. The molecule has 2 fully saturated rings. The van der Waals surface area contributed by atoms with Crippen molar-refractivity contribution in [2.45, 2.75) is 56.4 Å². The Kier molecular flexibility index (Phi) is 7.21. The van der Waals surface area contributed by atoms with Gasteiger partial charge in [0.05, 0.1) is 10.6 Å². The molecule has 0 aliphatic carbocycles. The summed E-state index contributed by atoms with van der Waals surface area (Å²) in [5.41, 5.74) is 2.48. The fourth-order valence-corrected chi connectivity index (χ4v) is 6.55. The third kappa shape index (κ3) is 5.36. The van der Waals surface area contributed by atoms with Crippen molar-refractivity contribution in [2.75, 3.05) is 39.0 Å². The van der Waals surface area contributed by atoms with Crippen LogP contribution in [0.1, 0.15) is 51.0 Å². The lowest BCUT2D eigenvalue weighted by Crippen LogP contribution is -2.48. The minimum Gasteiger partial charge on any atom is -0.304 e. The standard InChI is InChI=1S/C28H37FN4O2S/c1-20(2)18-31-13-10-23(11-14-31)32-15-8-21(9-16-32)25-12-17-33-19-26(30-28(33)27(25)29)22-4-6-24(7-5-22)36(3,34)35/h4-7,12,17,19-21,23H,8-11,13-16,18H2,1-3H3. The molecule has 6 nitrogen and oxygen atoms in total. The highest BCUT2D eigenvalue weighted by Gasteiger charge is 2.30. The van der Waals surface area contributed by atoms with Gasteiger partial charge in [-0.25, -0.2) is 17.8 Å². The Hall–Kier alpha value is -2.29. The summed E-state index contributed by atoms with van der Waals surface area (Å²) in [6, 6.07) is 9.15. The molecule has 0 N–H and O–H groups in total. The second-order valence-corrected chi connectivity index (χ2v) is 13.0. The van der Waals surface area contributed by atoms with E-state index in [2.05, 4.69) is 28.6 Å². The van der Waals surface area contributed by atoms with E-state index >= 15 is 4.39 Å². The van der Waals surface area contributed by atoms with E-state index in [4.69, 9.17) is 0 Å². The first kappa shape index (κ1) is 25.4. The monoisotopic (exact) mass is 512 g/mol. The molecule has 194 valence electrons. The Labute approximate surface area is 214 Å². The van der Waals surface area contributed by atoms with Crippen molar-refractivity contribution >= 4 is 15.5 Å². The Bertz CT molecular complexity index is 1300. The molecular weight excluding hydrogens is 475 g/mol.